The molecule has 1 fully saturated rings. The van der Waals surface area contributed by atoms with Crippen LogP contribution in [0.5, 0.6) is 0 Å². The summed E-state index contributed by atoms with van der Waals surface area (Å²) in [7, 11) is 1.37. The smallest absolute Gasteiger partial charge is 0.337 e. The Balaban J connectivity index is 1.26. The van der Waals surface area contributed by atoms with Gasteiger partial charge in [-0.1, -0.05) is 36.4 Å². The average Bonchev–Trinajstić information content (AvgIpc) is 3.27. The molecule has 0 spiro atoms. The molecule has 2 aromatic carbocycles. The Labute approximate surface area is 177 Å². The zero-order valence-corrected chi connectivity index (χ0v) is 17.3. The summed E-state index contributed by atoms with van der Waals surface area (Å²) in [4.78, 5) is 11.5. The summed E-state index contributed by atoms with van der Waals surface area (Å²) in [6.45, 7) is 1.19. The summed E-state index contributed by atoms with van der Waals surface area (Å²) >= 11 is 0. The van der Waals surface area contributed by atoms with Crippen molar-refractivity contribution in [1.82, 2.24) is 10.6 Å². The Hall–Kier alpha value is -2.25. The maximum absolute atomic E-state index is 11.5. The molecule has 1 saturated heterocycles. The van der Waals surface area contributed by atoms with Crippen LogP contribution in [-0.2, 0) is 22.5 Å². The molecule has 4 rings (SSSR count). The topological polar surface area (TPSA) is 79.8 Å². The summed E-state index contributed by atoms with van der Waals surface area (Å²) in [6.07, 6.45) is 3.48. The standard InChI is InChI=1S/C24H30N2O4/c1-29-24(28)18-11-9-16(10-12-18)15-30-19-13-22(25-14-19)23(27)26-21-8-4-6-17-5-2-3-7-20(17)21/h2-3,5,7,9-12,19,21-23,25-27H,4,6,8,13-15H2,1H3/t19-,21?,22-,23?/m0/s1. The Kier molecular flexibility index (Phi) is 6.79. The van der Waals surface area contributed by atoms with Crippen molar-refractivity contribution in [1.29, 1.82) is 0 Å². The van der Waals surface area contributed by atoms with E-state index in [0.29, 0.717) is 18.7 Å². The van der Waals surface area contributed by atoms with Gasteiger partial charge in [0.15, 0.2) is 0 Å². The van der Waals surface area contributed by atoms with Gasteiger partial charge < -0.3 is 19.9 Å². The molecule has 1 heterocycles. The van der Waals surface area contributed by atoms with Crippen molar-refractivity contribution >= 4 is 5.97 Å². The van der Waals surface area contributed by atoms with Crippen molar-refractivity contribution in [2.75, 3.05) is 13.7 Å². The molecule has 1 aliphatic carbocycles. The van der Waals surface area contributed by atoms with Gasteiger partial charge in [0.2, 0.25) is 0 Å². The van der Waals surface area contributed by atoms with Gasteiger partial charge in [-0.3, -0.25) is 5.32 Å². The normalized spacial score (nSPS) is 24.3. The van der Waals surface area contributed by atoms with Gasteiger partial charge in [0, 0.05) is 18.6 Å². The molecule has 2 unspecified atom stereocenters. The van der Waals surface area contributed by atoms with Crippen LogP contribution in [0.1, 0.15) is 52.4 Å². The van der Waals surface area contributed by atoms with Crippen LogP contribution in [0.25, 0.3) is 0 Å². The molecule has 160 valence electrons. The van der Waals surface area contributed by atoms with Gasteiger partial charge >= 0.3 is 5.97 Å². The lowest BCUT2D eigenvalue weighted by atomic mass is 9.87. The number of fused-ring (bicyclic) bond motifs is 1. The van der Waals surface area contributed by atoms with Gasteiger partial charge in [-0.05, 0) is 54.5 Å². The molecule has 0 saturated carbocycles. The zero-order valence-electron chi connectivity index (χ0n) is 17.3. The number of rotatable bonds is 7. The second-order valence-corrected chi connectivity index (χ2v) is 8.13. The van der Waals surface area contributed by atoms with Gasteiger partial charge in [0.25, 0.3) is 0 Å². The highest BCUT2D eigenvalue weighted by molar-refractivity contribution is 5.89. The lowest BCUT2D eigenvalue weighted by Crippen LogP contribution is -2.46. The fourth-order valence-electron chi connectivity index (χ4n) is 4.42. The Morgan fingerprint density at radius 2 is 2.03 bits per heavy atom. The molecule has 0 radical (unpaired) electrons. The predicted octanol–water partition coefficient (Wildman–Crippen LogP) is 2.71. The summed E-state index contributed by atoms with van der Waals surface area (Å²) in [6, 6.07) is 15.9. The molecular formula is C24H30N2O4. The number of ether oxygens (including phenoxy) is 2. The molecule has 6 heteroatoms. The maximum atomic E-state index is 11.5. The van der Waals surface area contributed by atoms with Gasteiger partial charge in [0.05, 0.1) is 25.4 Å². The third-order valence-corrected chi connectivity index (χ3v) is 6.11. The second kappa shape index (κ2) is 9.71. The number of nitrogens with one attached hydrogen (secondary N) is 2. The van der Waals surface area contributed by atoms with Crippen LogP contribution in [0.4, 0.5) is 0 Å². The number of aryl methyl sites for hydroxylation is 1. The van der Waals surface area contributed by atoms with E-state index in [9.17, 15) is 9.90 Å². The molecule has 3 N–H and O–H groups in total. The van der Waals surface area contributed by atoms with Crippen LogP contribution in [0.3, 0.4) is 0 Å². The molecule has 2 aliphatic rings. The average molecular weight is 411 g/mol. The van der Waals surface area contributed by atoms with Crippen molar-refractivity contribution in [2.24, 2.45) is 0 Å². The van der Waals surface area contributed by atoms with Crippen molar-refractivity contribution in [3.05, 3.63) is 70.8 Å². The molecule has 0 bridgehead atoms. The van der Waals surface area contributed by atoms with E-state index in [1.165, 1.54) is 18.2 Å². The van der Waals surface area contributed by atoms with E-state index in [1.807, 2.05) is 12.1 Å². The molecule has 1 aliphatic heterocycles. The van der Waals surface area contributed by atoms with E-state index in [1.54, 1.807) is 12.1 Å². The molecule has 0 amide bonds. The van der Waals surface area contributed by atoms with E-state index in [0.717, 1.165) is 31.2 Å². The molecular weight excluding hydrogens is 380 g/mol. The zero-order chi connectivity index (χ0) is 20.9. The Morgan fingerprint density at radius 3 is 2.83 bits per heavy atom. The van der Waals surface area contributed by atoms with Gasteiger partial charge in [-0.2, -0.15) is 0 Å². The number of hydrogen-bond donors (Lipinski definition) is 3. The number of carbonyl (C=O) groups is 1. The first-order valence-corrected chi connectivity index (χ1v) is 10.7. The first-order chi connectivity index (χ1) is 14.6. The summed E-state index contributed by atoms with van der Waals surface area (Å²) in [5.41, 5.74) is 4.22. The van der Waals surface area contributed by atoms with Crippen molar-refractivity contribution in [3.63, 3.8) is 0 Å². The highest BCUT2D eigenvalue weighted by Crippen LogP contribution is 2.30. The van der Waals surface area contributed by atoms with Crippen molar-refractivity contribution in [2.45, 2.75) is 56.7 Å². The van der Waals surface area contributed by atoms with Crippen LogP contribution in [0.2, 0.25) is 0 Å². The maximum Gasteiger partial charge on any atom is 0.337 e. The van der Waals surface area contributed by atoms with Crippen molar-refractivity contribution in [3.8, 4) is 0 Å². The molecule has 30 heavy (non-hydrogen) atoms. The minimum absolute atomic E-state index is 0.0363. The molecule has 0 aromatic heterocycles. The first-order valence-electron chi connectivity index (χ1n) is 10.7. The number of methoxy groups -OCH3 is 1. The van der Waals surface area contributed by atoms with Crippen molar-refractivity contribution < 1.29 is 19.4 Å². The fraction of sp³-hybridized carbons (Fsp3) is 0.458. The summed E-state index contributed by atoms with van der Waals surface area (Å²) in [5, 5.41) is 17.6. The molecule has 2 aromatic rings. The lowest BCUT2D eigenvalue weighted by Gasteiger charge is -2.30. The monoisotopic (exact) mass is 410 g/mol. The summed E-state index contributed by atoms with van der Waals surface area (Å²) in [5.74, 6) is -0.340. The Bertz CT molecular complexity index is 855. The van der Waals surface area contributed by atoms with E-state index in [4.69, 9.17) is 9.47 Å². The van der Waals surface area contributed by atoms with Crippen LogP contribution >= 0.6 is 0 Å². The quantitative estimate of drug-likeness (QED) is 0.481. The number of aliphatic hydroxyl groups excluding tert-OH is 1. The lowest BCUT2D eigenvalue weighted by molar-refractivity contribution is 0.0406. The third kappa shape index (κ3) is 4.90. The fourth-order valence-corrected chi connectivity index (χ4v) is 4.42. The number of hydrogen-bond acceptors (Lipinski definition) is 6. The summed E-state index contributed by atoms with van der Waals surface area (Å²) < 4.78 is 10.7. The van der Waals surface area contributed by atoms with Crippen LogP contribution in [0, 0.1) is 0 Å². The second-order valence-electron chi connectivity index (χ2n) is 8.13. The highest BCUT2D eigenvalue weighted by Gasteiger charge is 2.32. The van der Waals surface area contributed by atoms with E-state index in [2.05, 4.69) is 34.9 Å². The van der Waals surface area contributed by atoms with E-state index >= 15 is 0 Å². The van der Waals surface area contributed by atoms with Crippen LogP contribution < -0.4 is 10.6 Å². The Morgan fingerprint density at radius 1 is 1.23 bits per heavy atom. The number of aliphatic hydroxyl groups is 1. The SMILES string of the molecule is COC(=O)c1ccc(CO[C@@H]2CN[C@H](C(O)NC3CCCc4ccccc43)C2)cc1. The largest absolute Gasteiger partial charge is 0.465 e. The van der Waals surface area contributed by atoms with Gasteiger partial charge in [-0.15, -0.1) is 0 Å². The number of carbonyl (C=O) groups excluding carboxylic acids is 1. The van der Waals surface area contributed by atoms with E-state index < -0.39 is 6.23 Å². The third-order valence-electron chi connectivity index (χ3n) is 6.11. The number of benzene rings is 2. The van der Waals surface area contributed by atoms with Crippen LogP contribution in [0.15, 0.2) is 48.5 Å². The molecule has 6 nitrogen and oxygen atoms in total. The first kappa shape index (κ1) is 21.0. The van der Waals surface area contributed by atoms with Gasteiger partial charge in [-0.25, -0.2) is 4.79 Å². The highest BCUT2D eigenvalue weighted by atomic mass is 16.5. The van der Waals surface area contributed by atoms with E-state index in [-0.39, 0.29) is 24.2 Å². The number of esters is 1. The predicted molar refractivity (Wildman–Crippen MR) is 114 cm³/mol. The molecule has 4 atom stereocenters. The minimum Gasteiger partial charge on any atom is -0.465 e. The van der Waals surface area contributed by atoms with Gasteiger partial charge in [0.1, 0.15) is 6.23 Å². The van der Waals surface area contributed by atoms with Crippen LogP contribution in [-0.4, -0.2) is 43.1 Å². The minimum atomic E-state index is -0.617.